The van der Waals surface area contributed by atoms with Crippen molar-refractivity contribution in [3.8, 4) is 0 Å². The van der Waals surface area contributed by atoms with Gasteiger partial charge < -0.3 is 9.71 Å². The highest BCUT2D eigenvalue weighted by molar-refractivity contribution is 5.87. The van der Waals surface area contributed by atoms with Gasteiger partial charge in [-0.1, -0.05) is 0 Å². The van der Waals surface area contributed by atoms with E-state index in [9.17, 15) is 9.18 Å². The Labute approximate surface area is 63.9 Å². The third-order valence-electron chi connectivity index (χ3n) is 1.02. The molecule has 0 atom stereocenters. The maximum absolute atomic E-state index is 12.6. The molecule has 1 heterocycles. The molecule has 11 heavy (non-hydrogen) atoms. The molecule has 0 saturated heterocycles. The van der Waals surface area contributed by atoms with Crippen LogP contribution in [0, 0.1) is 5.95 Å². The second-order valence-corrected chi connectivity index (χ2v) is 1.73. The third kappa shape index (κ3) is 1.54. The summed E-state index contributed by atoms with van der Waals surface area (Å²) >= 11 is 0. The molecular weight excluding hydrogens is 151 g/mol. The van der Waals surface area contributed by atoms with E-state index in [1.165, 1.54) is 0 Å². The van der Waals surface area contributed by atoms with Gasteiger partial charge in [0.2, 0.25) is 5.95 Å². The molecule has 5 heteroatoms. The Balaban J connectivity index is 2.93. The van der Waals surface area contributed by atoms with Crippen LogP contribution in [0.25, 0.3) is 0 Å². The smallest absolute Gasteiger partial charge is 0.359 e. The van der Waals surface area contributed by atoms with Gasteiger partial charge in [0, 0.05) is 0 Å². The van der Waals surface area contributed by atoms with Gasteiger partial charge in [0.15, 0.2) is 7.11 Å². The topological polar surface area (TPSA) is 55.0 Å². The second-order valence-electron chi connectivity index (χ2n) is 1.73. The molecule has 4 nitrogen and oxygen atoms in total. The number of hydrogen-bond acceptors (Lipinski definition) is 3. The summed E-state index contributed by atoms with van der Waals surface area (Å²) in [6.07, 6.45) is 0.890. The van der Waals surface area contributed by atoms with Crippen LogP contribution < -0.4 is 0 Å². The third-order valence-corrected chi connectivity index (χ3v) is 1.02. The quantitative estimate of drug-likeness (QED) is 0.647. The highest BCUT2D eigenvalue weighted by atomic mass is 19.1. The number of aromatic nitrogens is 2. The zero-order valence-electron chi connectivity index (χ0n) is 6.87. The summed E-state index contributed by atoms with van der Waals surface area (Å²) in [5.41, 5.74) is -0.475. The van der Waals surface area contributed by atoms with Crippen molar-refractivity contribution in [1.29, 1.82) is 0 Å². The first kappa shape index (κ1) is 6.33. The van der Waals surface area contributed by atoms with E-state index in [1.807, 2.05) is 0 Å². The van der Waals surface area contributed by atoms with Gasteiger partial charge in [0.05, 0.1) is 12.9 Å². The van der Waals surface area contributed by atoms with Crippen molar-refractivity contribution in [1.82, 2.24) is 9.96 Å². The van der Waals surface area contributed by atoms with Crippen molar-refractivity contribution in [3.63, 3.8) is 0 Å². The maximum atomic E-state index is 12.6. The minimum atomic E-state index is -0.983. The minimum Gasteiger partial charge on any atom is -0.461 e. The lowest BCUT2D eigenvalue weighted by Gasteiger charge is -1.96. The number of carbonyl (C=O) groups is 1. The summed E-state index contributed by atoms with van der Waals surface area (Å²) < 4.78 is 24.1. The van der Waals surface area contributed by atoms with Gasteiger partial charge in [-0.3, -0.25) is 0 Å². The number of esters is 1. The summed E-state index contributed by atoms with van der Waals surface area (Å²) in [7, 11) is 0. The van der Waals surface area contributed by atoms with Crippen LogP contribution in [0.1, 0.15) is 17.4 Å². The standard InChI is InChI=1S/C6H7FN2O2/c1-2-11-6(10)4-5(7)9-3-8-4/h3H,2H2,1H3,(H,8,9)/i/hD. The van der Waals surface area contributed by atoms with Crippen LogP contribution >= 0.6 is 0 Å². The second kappa shape index (κ2) is 3.14. The molecule has 0 aromatic carbocycles. The Morgan fingerprint density at radius 3 is 3.27 bits per heavy atom. The first-order chi connectivity index (χ1) is 5.66. The number of rotatable bonds is 2. The average Bonchev–Trinajstić information content (AvgIpc) is 2.32. The van der Waals surface area contributed by atoms with Crippen molar-refractivity contribution in [2.75, 3.05) is 6.61 Å². The minimum absolute atomic E-state index is 0.142. The van der Waals surface area contributed by atoms with Crippen molar-refractivity contribution in [2.24, 2.45) is 0 Å². The van der Waals surface area contributed by atoms with E-state index in [4.69, 9.17) is 1.41 Å². The molecule has 1 rings (SSSR count). The predicted molar refractivity (Wildman–Crippen MR) is 34.5 cm³/mol. The molecule has 0 spiro atoms. The lowest BCUT2D eigenvalue weighted by atomic mass is 10.5. The summed E-state index contributed by atoms with van der Waals surface area (Å²) in [4.78, 5) is 14.6. The van der Waals surface area contributed by atoms with Crippen LogP contribution in [0.4, 0.5) is 4.39 Å². The highest BCUT2D eigenvalue weighted by Gasteiger charge is 2.14. The van der Waals surface area contributed by atoms with Crippen molar-refractivity contribution >= 4 is 5.97 Å². The first-order valence-electron chi connectivity index (χ1n) is 3.50. The number of ether oxygens (including phenoxy) is 1. The van der Waals surface area contributed by atoms with Crippen LogP contribution in [0.15, 0.2) is 6.33 Å². The number of aromatic amines is 1. The van der Waals surface area contributed by atoms with Crippen molar-refractivity contribution in [2.45, 2.75) is 6.92 Å². The number of imidazole rings is 1. The van der Waals surface area contributed by atoms with E-state index in [2.05, 4.69) is 9.72 Å². The number of nitrogens with zero attached hydrogens (tertiary/aromatic N) is 1. The number of hydrogen-bond donors (Lipinski definition) is 1. The molecule has 1 N–H and O–H groups in total. The van der Waals surface area contributed by atoms with E-state index >= 15 is 0 Å². The molecule has 0 unspecified atom stereocenters. The predicted octanol–water partition coefficient (Wildman–Crippen LogP) is 0.726. The van der Waals surface area contributed by atoms with Gasteiger partial charge in [-0.2, -0.15) is 4.39 Å². The molecule has 0 aliphatic carbocycles. The number of H-pyrrole nitrogens is 1. The Bertz CT molecular complexity index is 280. The number of halogens is 1. The molecule has 0 saturated carbocycles. The monoisotopic (exact) mass is 159 g/mol. The average molecular weight is 159 g/mol. The molecule has 0 aliphatic heterocycles. The van der Waals surface area contributed by atoms with Crippen LogP contribution in [-0.2, 0) is 4.74 Å². The van der Waals surface area contributed by atoms with Crippen molar-refractivity contribution < 1.29 is 15.3 Å². The number of nitrogens with one attached hydrogen (secondary N) is 1. The molecule has 60 valence electrons. The first-order valence-corrected chi connectivity index (χ1v) is 3.06. The molecule has 0 amide bonds. The Morgan fingerprint density at radius 2 is 2.82 bits per heavy atom. The zero-order chi connectivity index (χ0) is 9.14. The van der Waals surface area contributed by atoms with E-state index in [-0.39, 0.29) is 6.61 Å². The van der Waals surface area contributed by atoms with Gasteiger partial charge in [-0.05, 0) is 6.92 Å². The fourth-order valence-corrected chi connectivity index (χ4v) is 0.588. The largest absolute Gasteiger partial charge is 0.461 e. The lowest BCUT2D eigenvalue weighted by molar-refractivity contribution is 0.0514. The fraction of sp³-hybridized carbons (Fsp3) is 0.333. The van der Waals surface area contributed by atoms with Gasteiger partial charge in [0.1, 0.15) is 0 Å². The van der Waals surface area contributed by atoms with Gasteiger partial charge in [-0.25, -0.2) is 9.78 Å². The molecule has 1 aromatic rings. The van der Waals surface area contributed by atoms with Gasteiger partial charge in [0.25, 0.3) is 0 Å². The zero-order valence-corrected chi connectivity index (χ0v) is 5.87. The SMILES string of the molecule is [2H]n1cnc(F)c1C(=O)OCC. The Hall–Kier alpha value is -1.39. The normalized spacial score (nSPS) is 10.9. The van der Waals surface area contributed by atoms with Crippen LogP contribution in [0.2, 0.25) is 1.41 Å². The number of carbonyl (C=O) groups excluding carboxylic acids is 1. The molecule has 0 radical (unpaired) electrons. The summed E-state index contributed by atoms with van der Waals surface area (Å²) in [6, 6.07) is 0. The van der Waals surface area contributed by atoms with Crippen molar-refractivity contribution in [3.05, 3.63) is 18.0 Å². The molecule has 1 aromatic heterocycles. The molecule has 0 fully saturated rings. The highest BCUT2D eigenvalue weighted by Crippen LogP contribution is 2.01. The van der Waals surface area contributed by atoms with E-state index in [0.29, 0.717) is 4.98 Å². The van der Waals surface area contributed by atoms with E-state index in [1.54, 1.807) is 6.92 Å². The molecule has 0 aliphatic rings. The van der Waals surface area contributed by atoms with Gasteiger partial charge in [-0.15, -0.1) is 0 Å². The molecular formula is C6H7FN2O2. The van der Waals surface area contributed by atoms with Crippen LogP contribution in [0.5, 0.6) is 0 Å². The Morgan fingerprint density at radius 1 is 2.09 bits per heavy atom. The lowest BCUT2D eigenvalue weighted by Crippen LogP contribution is -2.06. The molecule has 0 bridgehead atoms. The van der Waals surface area contributed by atoms with Crippen LogP contribution in [-0.4, -0.2) is 22.5 Å². The summed E-state index contributed by atoms with van der Waals surface area (Å²) in [5.74, 6) is -1.86. The van der Waals surface area contributed by atoms with E-state index < -0.39 is 17.6 Å². The van der Waals surface area contributed by atoms with Gasteiger partial charge >= 0.3 is 5.97 Å². The Kier molecular flexibility index (Phi) is 1.80. The summed E-state index contributed by atoms with van der Waals surface area (Å²) in [5, 5.41) is 0. The summed E-state index contributed by atoms with van der Waals surface area (Å²) in [6.45, 7) is 1.74. The van der Waals surface area contributed by atoms with Crippen LogP contribution in [0.3, 0.4) is 0 Å². The van der Waals surface area contributed by atoms with E-state index in [0.717, 1.165) is 6.33 Å². The maximum Gasteiger partial charge on any atom is 0.359 e. The fourth-order valence-electron chi connectivity index (χ4n) is 0.588.